The van der Waals surface area contributed by atoms with E-state index in [4.69, 9.17) is 5.26 Å². The summed E-state index contributed by atoms with van der Waals surface area (Å²) in [7, 11) is 0. The van der Waals surface area contributed by atoms with Gasteiger partial charge in [-0.05, 0) is 12.1 Å². The average molecular weight is 192 g/mol. The van der Waals surface area contributed by atoms with E-state index in [9.17, 15) is 9.18 Å². The second kappa shape index (κ2) is 4.38. The number of benzene rings is 1. The van der Waals surface area contributed by atoms with Gasteiger partial charge in [0.05, 0.1) is 5.69 Å². The second-order valence-corrected chi connectivity index (χ2v) is 2.68. The molecule has 0 spiro atoms. The van der Waals surface area contributed by atoms with Crippen LogP contribution in [-0.2, 0) is 4.79 Å². The van der Waals surface area contributed by atoms with Crippen LogP contribution in [0.3, 0.4) is 0 Å². The number of hydrogen-bond donors (Lipinski definition) is 1. The van der Waals surface area contributed by atoms with Crippen LogP contribution < -0.4 is 5.32 Å². The molecule has 0 aliphatic heterocycles. The molecule has 0 unspecified atom stereocenters. The Kier molecular flexibility index (Phi) is 3.19. The Bertz CT molecular complexity index is 396. The zero-order chi connectivity index (χ0) is 10.6. The molecule has 1 aromatic rings. The molecule has 0 saturated heterocycles. The number of hydrogen-bond acceptors (Lipinski definition) is 2. The highest BCUT2D eigenvalue weighted by molar-refractivity contribution is 5.91. The second-order valence-electron chi connectivity index (χ2n) is 2.68. The Labute approximate surface area is 81.2 Å². The molecule has 1 amide bonds. The topological polar surface area (TPSA) is 52.9 Å². The number of carbonyl (C=O) groups excluding carboxylic acids is 1. The van der Waals surface area contributed by atoms with Crippen molar-refractivity contribution in [2.75, 3.05) is 5.32 Å². The normalized spacial score (nSPS) is 9.21. The maximum atomic E-state index is 13.0. The maximum absolute atomic E-state index is 13.0. The predicted octanol–water partition coefficient (Wildman–Crippen LogP) is 2.05. The van der Waals surface area contributed by atoms with Crippen LogP contribution in [0, 0.1) is 17.1 Å². The van der Waals surface area contributed by atoms with Crippen molar-refractivity contribution in [2.24, 2.45) is 0 Å². The quantitative estimate of drug-likeness (QED) is 0.779. The SMILES string of the molecule is CCC(=O)Nc1cccc(F)c1C#N. The van der Waals surface area contributed by atoms with E-state index in [1.165, 1.54) is 18.2 Å². The molecule has 72 valence electrons. The average Bonchev–Trinajstić information content (AvgIpc) is 2.18. The fourth-order valence-corrected chi connectivity index (χ4v) is 0.981. The Morgan fingerprint density at radius 2 is 2.36 bits per heavy atom. The number of amides is 1. The first kappa shape index (κ1) is 10.2. The van der Waals surface area contributed by atoms with Crippen molar-refractivity contribution >= 4 is 11.6 Å². The molecule has 0 radical (unpaired) electrons. The van der Waals surface area contributed by atoms with Crippen LogP contribution in [0.1, 0.15) is 18.9 Å². The molecule has 1 N–H and O–H groups in total. The Morgan fingerprint density at radius 3 is 2.93 bits per heavy atom. The summed E-state index contributed by atoms with van der Waals surface area (Å²) in [4.78, 5) is 11.0. The molecule has 1 aromatic carbocycles. The van der Waals surface area contributed by atoms with Crippen molar-refractivity contribution in [2.45, 2.75) is 13.3 Å². The van der Waals surface area contributed by atoms with E-state index in [0.717, 1.165) is 0 Å². The van der Waals surface area contributed by atoms with Gasteiger partial charge in [0.15, 0.2) is 0 Å². The van der Waals surface area contributed by atoms with E-state index < -0.39 is 5.82 Å². The van der Waals surface area contributed by atoms with Crippen molar-refractivity contribution in [3.63, 3.8) is 0 Å². The highest BCUT2D eigenvalue weighted by Crippen LogP contribution is 2.17. The van der Waals surface area contributed by atoms with Crippen LogP contribution in [0.25, 0.3) is 0 Å². The van der Waals surface area contributed by atoms with Crippen molar-refractivity contribution < 1.29 is 9.18 Å². The molecule has 4 heteroatoms. The highest BCUT2D eigenvalue weighted by Gasteiger charge is 2.08. The molecule has 0 aliphatic rings. The first-order chi connectivity index (χ1) is 6.69. The van der Waals surface area contributed by atoms with E-state index in [1.54, 1.807) is 13.0 Å². The number of anilines is 1. The fraction of sp³-hybridized carbons (Fsp3) is 0.200. The van der Waals surface area contributed by atoms with Gasteiger partial charge in [-0.3, -0.25) is 4.79 Å². The van der Waals surface area contributed by atoms with E-state index >= 15 is 0 Å². The number of nitrogens with zero attached hydrogens (tertiary/aromatic N) is 1. The maximum Gasteiger partial charge on any atom is 0.224 e. The summed E-state index contributed by atoms with van der Waals surface area (Å²) in [5.41, 5.74) is 0.0913. The summed E-state index contributed by atoms with van der Waals surface area (Å²) in [6, 6.07) is 5.83. The summed E-state index contributed by atoms with van der Waals surface area (Å²) < 4.78 is 13.0. The van der Waals surface area contributed by atoms with Gasteiger partial charge in [-0.15, -0.1) is 0 Å². The Balaban J connectivity index is 3.04. The lowest BCUT2D eigenvalue weighted by Gasteiger charge is -2.05. The van der Waals surface area contributed by atoms with Gasteiger partial charge in [-0.1, -0.05) is 13.0 Å². The molecule has 3 nitrogen and oxygen atoms in total. The third-order valence-electron chi connectivity index (χ3n) is 1.72. The van der Waals surface area contributed by atoms with E-state index in [-0.39, 0.29) is 17.2 Å². The molecule has 0 heterocycles. The van der Waals surface area contributed by atoms with Gasteiger partial charge in [0.2, 0.25) is 5.91 Å². The van der Waals surface area contributed by atoms with E-state index in [0.29, 0.717) is 6.42 Å². The lowest BCUT2D eigenvalue weighted by atomic mass is 10.2. The summed E-state index contributed by atoms with van der Waals surface area (Å²) >= 11 is 0. The van der Waals surface area contributed by atoms with E-state index in [1.807, 2.05) is 0 Å². The molecular formula is C10H9FN2O. The Hall–Kier alpha value is -1.89. The summed E-state index contributed by atoms with van der Waals surface area (Å²) in [5, 5.41) is 11.1. The number of nitriles is 1. The molecule has 0 bridgehead atoms. The van der Waals surface area contributed by atoms with Gasteiger partial charge in [0.25, 0.3) is 0 Å². The number of nitrogens with one attached hydrogen (secondary N) is 1. The lowest BCUT2D eigenvalue weighted by Crippen LogP contribution is -2.11. The molecule has 0 aliphatic carbocycles. The third kappa shape index (κ3) is 2.07. The molecule has 0 fully saturated rings. The highest BCUT2D eigenvalue weighted by atomic mass is 19.1. The first-order valence-corrected chi connectivity index (χ1v) is 4.17. The summed E-state index contributed by atoms with van der Waals surface area (Å²) in [5.74, 6) is -0.867. The predicted molar refractivity (Wildman–Crippen MR) is 50.0 cm³/mol. The van der Waals surface area contributed by atoms with Gasteiger partial charge in [-0.2, -0.15) is 5.26 Å². The zero-order valence-corrected chi connectivity index (χ0v) is 7.67. The van der Waals surface area contributed by atoms with Crippen LogP contribution in [0.5, 0.6) is 0 Å². The van der Waals surface area contributed by atoms with Crippen LogP contribution in [0.15, 0.2) is 18.2 Å². The fourth-order valence-electron chi connectivity index (χ4n) is 0.981. The van der Waals surface area contributed by atoms with Crippen molar-refractivity contribution in [1.29, 1.82) is 5.26 Å². The van der Waals surface area contributed by atoms with Gasteiger partial charge in [0, 0.05) is 6.42 Å². The minimum absolute atomic E-state index is 0.130. The monoisotopic (exact) mass is 192 g/mol. The minimum atomic E-state index is -0.624. The van der Waals surface area contributed by atoms with Crippen LogP contribution in [0.2, 0.25) is 0 Å². The van der Waals surface area contributed by atoms with Crippen molar-refractivity contribution in [3.8, 4) is 6.07 Å². The molecule has 1 rings (SSSR count). The molecular weight excluding hydrogens is 183 g/mol. The van der Waals surface area contributed by atoms with Gasteiger partial charge < -0.3 is 5.32 Å². The van der Waals surface area contributed by atoms with Crippen LogP contribution >= 0.6 is 0 Å². The van der Waals surface area contributed by atoms with E-state index in [2.05, 4.69) is 5.32 Å². The molecule has 14 heavy (non-hydrogen) atoms. The number of rotatable bonds is 2. The van der Waals surface area contributed by atoms with Crippen LogP contribution in [-0.4, -0.2) is 5.91 Å². The van der Waals surface area contributed by atoms with Crippen molar-refractivity contribution in [3.05, 3.63) is 29.6 Å². The van der Waals surface area contributed by atoms with Gasteiger partial charge in [0.1, 0.15) is 17.4 Å². The number of halogens is 1. The lowest BCUT2D eigenvalue weighted by molar-refractivity contribution is -0.115. The summed E-state index contributed by atoms with van der Waals surface area (Å²) in [6.45, 7) is 1.68. The minimum Gasteiger partial charge on any atom is -0.325 e. The van der Waals surface area contributed by atoms with Crippen LogP contribution in [0.4, 0.5) is 10.1 Å². The van der Waals surface area contributed by atoms with Gasteiger partial charge >= 0.3 is 0 Å². The smallest absolute Gasteiger partial charge is 0.224 e. The third-order valence-corrected chi connectivity index (χ3v) is 1.72. The van der Waals surface area contributed by atoms with Gasteiger partial charge in [-0.25, -0.2) is 4.39 Å². The largest absolute Gasteiger partial charge is 0.325 e. The first-order valence-electron chi connectivity index (χ1n) is 4.17. The summed E-state index contributed by atoms with van der Waals surface area (Å²) in [6.07, 6.45) is 0.293. The molecule has 0 atom stereocenters. The molecule has 0 saturated carbocycles. The zero-order valence-electron chi connectivity index (χ0n) is 7.67. The number of carbonyl (C=O) groups is 1. The standard InChI is InChI=1S/C10H9FN2O/c1-2-10(14)13-9-5-3-4-8(11)7(9)6-12/h3-5H,2H2,1H3,(H,13,14). The van der Waals surface area contributed by atoms with Crippen molar-refractivity contribution in [1.82, 2.24) is 0 Å². The Morgan fingerprint density at radius 1 is 1.64 bits per heavy atom. The molecule has 0 aromatic heterocycles.